The summed E-state index contributed by atoms with van der Waals surface area (Å²) in [5.74, 6) is 0.281. The summed E-state index contributed by atoms with van der Waals surface area (Å²) < 4.78 is 16.2. The molecule has 0 aliphatic heterocycles. The van der Waals surface area contributed by atoms with Crippen molar-refractivity contribution in [3.8, 4) is 17.2 Å². The summed E-state index contributed by atoms with van der Waals surface area (Å²) in [6, 6.07) is 11.2. The fourth-order valence-corrected chi connectivity index (χ4v) is 2.47. The molecule has 1 heterocycles. The predicted octanol–water partition coefficient (Wildman–Crippen LogP) is 3.94. The average molecular weight is 397 g/mol. The lowest BCUT2D eigenvalue weighted by Crippen LogP contribution is -2.17. The van der Waals surface area contributed by atoms with Crippen LogP contribution < -0.4 is 4.74 Å². The SMILES string of the molecule is Cc1ccc(OCC(=O)O[C@H](C)c2nnc(-c3ccc([N+](=O)[O-])cc3)o2)cc1C. The summed E-state index contributed by atoms with van der Waals surface area (Å²) in [6.45, 7) is 5.29. The van der Waals surface area contributed by atoms with Crippen molar-refractivity contribution in [1.29, 1.82) is 0 Å². The second kappa shape index (κ2) is 8.51. The molecule has 0 bridgehead atoms. The maximum Gasteiger partial charge on any atom is 0.344 e. The van der Waals surface area contributed by atoms with E-state index in [0.717, 1.165) is 11.1 Å². The van der Waals surface area contributed by atoms with Crippen molar-refractivity contribution in [3.63, 3.8) is 0 Å². The van der Waals surface area contributed by atoms with Crippen LogP contribution in [-0.4, -0.2) is 27.7 Å². The zero-order chi connectivity index (χ0) is 21.0. The minimum Gasteiger partial charge on any atom is -0.482 e. The highest BCUT2D eigenvalue weighted by molar-refractivity contribution is 5.71. The van der Waals surface area contributed by atoms with E-state index in [0.29, 0.717) is 11.3 Å². The van der Waals surface area contributed by atoms with Gasteiger partial charge in [0.2, 0.25) is 5.89 Å². The smallest absolute Gasteiger partial charge is 0.344 e. The molecule has 3 aromatic rings. The molecule has 0 amide bonds. The lowest BCUT2D eigenvalue weighted by atomic mass is 10.1. The van der Waals surface area contributed by atoms with Crippen LogP contribution in [0.1, 0.15) is 30.0 Å². The largest absolute Gasteiger partial charge is 0.482 e. The number of aromatic nitrogens is 2. The molecular formula is C20H19N3O6. The molecule has 0 radical (unpaired) electrons. The fourth-order valence-electron chi connectivity index (χ4n) is 2.47. The van der Waals surface area contributed by atoms with Crippen molar-refractivity contribution >= 4 is 11.7 Å². The molecule has 1 atom stereocenters. The predicted molar refractivity (Wildman–Crippen MR) is 102 cm³/mol. The molecule has 0 fully saturated rings. The topological polar surface area (TPSA) is 118 Å². The number of rotatable bonds is 7. The van der Waals surface area contributed by atoms with Gasteiger partial charge in [0.05, 0.1) is 4.92 Å². The van der Waals surface area contributed by atoms with Gasteiger partial charge < -0.3 is 13.9 Å². The minimum atomic E-state index is -0.773. The van der Waals surface area contributed by atoms with E-state index in [1.807, 2.05) is 26.0 Å². The van der Waals surface area contributed by atoms with E-state index in [2.05, 4.69) is 10.2 Å². The van der Waals surface area contributed by atoms with Gasteiger partial charge in [-0.25, -0.2) is 4.79 Å². The Morgan fingerprint density at radius 1 is 1.14 bits per heavy atom. The molecule has 0 saturated heterocycles. The van der Waals surface area contributed by atoms with Gasteiger partial charge in [0.15, 0.2) is 12.7 Å². The first-order chi connectivity index (χ1) is 13.8. The average Bonchev–Trinajstić information content (AvgIpc) is 3.19. The fraction of sp³-hybridized carbons (Fsp3) is 0.250. The maximum absolute atomic E-state index is 12.0. The van der Waals surface area contributed by atoms with Crippen LogP contribution in [0.15, 0.2) is 46.9 Å². The first-order valence-electron chi connectivity index (χ1n) is 8.81. The Labute approximate surface area is 166 Å². The molecule has 1 aromatic heterocycles. The monoisotopic (exact) mass is 397 g/mol. The van der Waals surface area contributed by atoms with E-state index in [-0.39, 0.29) is 24.1 Å². The normalized spacial score (nSPS) is 11.7. The molecule has 2 aromatic carbocycles. The first kappa shape index (κ1) is 20.0. The van der Waals surface area contributed by atoms with Crippen molar-refractivity contribution in [2.24, 2.45) is 0 Å². The molecule has 0 N–H and O–H groups in total. The Hall–Kier alpha value is -3.75. The van der Waals surface area contributed by atoms with Crippen LogP contribution in [0.5, 0.6) is 5.75 Å². The van der Waals surface area contributed by atoms with Crippen LogP contribution in [0, 0.1) is 24.0 Å². The van der Waals surface area contributed by atoms with Crippen molar-refractivity contribution < 1.29 is 23.6 Å². The second-order valence-electron chi connectivity index (χ2n) is 6.42. The molecule has 0 unspecified atom stereocenters. The van der Waals surface area contributed by atoms with Crippen LogP contribution in [0.4, 0.5) is 5.69 Å². The third-order valence-corrected chi connectivity index (χ3v) is 4.26. The number of hydrogen-bond acceptors (Lipinski definition) is 8. The van der Waals surface area contributed by atoms with Crippen LogP contribution in [-0.2, 0) is 9.53 Å². The highest BCUT2D eigenvalue weighted by Gasteiger charge is 2.20. The molecule has 0 saturated carbocycles. The Balaban J connectivity index is 1.57. The molecule has 0 aliphatic carbocycles. The van der Waals surface area contributed by atoms with Crippen LogP contribution >= 0.6 is 0 Å². The zero-order valence-electron chi connectivity index (χ0n) is 16.1. The van der Waals surface area contributed by atoms with Crippen LogP contribution in [0.3, 0.4) is 0 Å². The minimum absolute atomic E-state index is 0.0421. The Morgan fingerprint density at radius 3 is 2.52 bits per heavy atom. The number of benzene rings is 2. The van der Waals surface area contributed by atoms with Crippen molar-refractivity contribution in [1.82, 2.24) is 10.2 Å². The maximum atomic E-state index is 12.0. The molecular weight excluding hydrogens is 378 g/mol. The van der Waals surface area contributed by atoms with Gasteiger partial charge in [-0.3, -0.25) is 10.1 Å². The van der Waals surface area contributed by atoms with Gasteiger partial charge in [0, 0.05) is 17.7 Å². The highest BCUT2D eigenvalue weighted by atomic mass is 16.6. The summed E-state index contributed by atoms with van der Waals surface area (Å²) in [5, 5.41) is 18.5. The summed E-state index contributed by atoms with van der Waals surface area (Å²) in [6.07, 6.45) is -0.773. The summed E-state index contributed by atoms with van der Waals surface area (Å²) >= 11 is 0. The van der Waals surface area contributed by atoms with E-state index < -0.39 is 17.0 Å². The number of non-ortho nitro benzene ring substituents is 1. The van der Waals surface area contributed by atoms with Crippen molar-refractivity contribution in [3.05, 3.63) is 69.6 Å². The third kappa shape index (κ3) is 4.95. The molecule has 9 heteroatoms. The van der Waals surface area contributed by atoms with Gasteiger partial charge in [0.25, 0.3) is 11.6 Å². The first-order valence-corrected chi connectivity index (χ1v) is 8.81. The van der Waals surface area contributed by atoms with E-state index in [1.165, 1.54) is 24.3 Å². The number of esters is 1. The van der Waals surface area contributed by atoms with E-state index in [9.17, 15) is 14.9 Å². The van der Waals surface area contributed by atoms with E-state index in [1.54, 1.807) is 13.0 Å². The summed E-state index contributed by atoms with van der Waals surface area (Å²) in [4.78, 5) is 22.2. The number of carbonyl (C=O) groups excluding carboxylic acids is 1. The Kier molecular flexibility index (Phi) is 5.87. The van der Waals surface area contributed by atoms with Crippen LogP contribution in [0.25, 0.3) is 11.5 Å². The van der Waals surface area contributed by atoms with E-state index >= 15 is 0 Å². The van der Waals surface area contributed by atoms with Crippen molar-refractivity contribution in [2.45, 2.75) is 26.9 Å². The van der Waals surface area contributed by atoms with Crippen molar-refractivity contribution in [2.75, 3.05) is 6.61 Å². The molecule has 9 nitrogen and oxygen atoms in total. The van der Waals surface area contributed by atoms with Crippen LogP contribution in [0.2, 0.25) is 0 Å². The number of nitro benzene ring substituents is 1. The number of ether oxygens (including phenoxy) is 2. The number of nitrogens with zero attached hydrogens (tertiary/aromatic N) is 3. The number of aryl methyl sites for hydroxylation is 2. The highest BCUT2D eigenvalue weighted by Crippen LogP contribution is 2.24. The third-order valence-electron chi connectivity index (χ3n) is 4.26. The number of hydrogen-bond donors (Lipinski definition) is 0. The number of nitro groups is 1. The summed E-state index contributed by atoms with van der Waals surface area (Å²) in [5.41, 5.74) is 2.67. The standard InChI is InChI=1S/C20H19N3O6/c1-12-4-9-17(10-13(12)2)27-11-18(24)28-14(3)19-21-22-20(29-19)15-5-7-16(8-6-15)23(25)26/h4-10,14H,11H2,1-3H3/t14-/m1/s1. The number of carbonyl (C=O) groups is 1. The van der Waals surface area contributed by atoms with Gasteiger partial charge in [-0.15, -0.1) is 10.2 Å². The molecule has 0 spiro atoms. The molecule has 150 valence electrons. The van der Waals surface area contributed by atoms with Gasteiger partial charge in [-0.1, -0.05) is 6.07 Å². The Morgan fingerprint density at radius 2 is 1.86 bits per heavy atom. The zero-order valence-corrected chi connectivity index (χ0v) is 16.1. The van der Waals surface area contributed by atoms with Gasteiger partial charge >= 0.3 is 5.97 Å². The second-order valence-corrected chi connectivity index (χ2v) is 6.42. The summed E-state index contributed by atoms with van der Waals surface area (Å²) in [7, 11) is 0. The lowest BCUT2D eigenvalue weighted by molar-refractivity contribution is -0.384. The Bertz CT molecular complexity index is 1030. The molecule has 3 rings (SSSR count). The molecule has 29 heavy (non-hydrogen) atoms. The van der Waals surface area contributed by atoms with Gasteiger partial charge in [-0.05, 0) is 56.2 Å². The van der Waals surface area contributed by atoms with Gasteiger partial charge in [-0.2, -0.15) is 0 Å². The molecule has 0 aliphatic rings. The lowest BCUT2D eigenvalue weighted by Gasteiger charge is -2.11. The van der Waals surface area contributed by atoms with Gasteiger partial charge in [0.1, 0.15) is 5.75 Å². The van der Waals surface area contributed by atoms with E-state index in [4.69, 9.17) is 13.9 Å². The quantitative estimate of drug-likeness (QED) is 0.334.